The molecular weight excluding hydrogens is 430 g/mol. The summed E-state index contributed by atoms with van der Waals surface area (Å²) in [5, 5.41) is 31.0. The smallest absolute Gasteiger partial charge is 0.499 e. The fourth-order valence-electron chi connectivity index (χ4n) is 3.11. The van der Waals surface area contributed by atoms with E-state index in [9.17, 15) is 30.1 Å². The number of nitro groups is 1. The maximum absolute atomic E-state index is 12.5. The molecule has 1 rings (SSSR count). The summed E-state index contributed by atoms with van der Waals surface area (Å²) >= 11 is 0. The molecule has 1 aromatic rings. The average molecular weight is 462 g/mol. The largest absolute Gasteiger partial charge is 0.513 e. The molecule has 0 heterocycles. The molecule has 180 valence electrons. The molecule has 0 spiro atoms. The van der Waals surface area contributed by atoms with Gasteiger partial charge in [0.25, 0.3) is 5.91 Å². The summed E-state index contributed by atoms with van der Waals surface area (Å²) in [5.41, 5.74) is -0.962. The number of carbonyl (C=O) groups excluding carboxylic acids is 2. The number of ether oxygens (including phenoxy) is 2. The van der Waals surface area contributed by atoms with Crippen molar-refractivity contribution >= 4 is 23.8 Å². The van der Waals surface area contributed by atoms with Gasteiger partial charge in [-0.25, -0.2) is 4.79 Å². The first kappa shape index (κ1) is 27.4. The minimum atomic E-state index is -1.12. The topological polar surface area (TPSA) is 143 Å². The van der Waals surface area contributed by atoms with E-state index < -0.39 is 34.2 Å². The van der Waals surface area contributed by atoms with Gasteiger partial charge in [-0.2, -0.15) is 5.26 Å². The maximum Gasteiger partial charge on any atom is 0.513 e. The number of amides is 1. The highest BCUT2D eigenvalue weighted by Gasteiger charge is 2.24. The van der Waals surface area contributed by atoms with Gasteiger partial charge >= 0.3 is 11.8 Å². The minimum absolute atomic E-state index is 0.0359. The molecule has 10 nitrogen and oxygen atoms in total. The molecule has 1 atom stereocenters. The molecule has 0 aliphatic rings. The fraction of sp³-hybridized carbons (Fsp3) is 0.522. The molecular formula is C23H31N3O7. The van der Waals surface area contributed by atoms with Gasteiger partial charge in [-0.1, -0.05) is 33.1 Å². The van der Waals surface area contributed by atoms with E-state index in [1.165, 1.54) is 4.90 Å². The number of hydrogen-bond donors (Lipinski definition) is 1. The Morgan fingerprint density at radius 2 is 1.94 bits per heavy atom. The van der Waals surface area contributed by atoms with Crippen molar-refractivity contribution in [1.29, 1.82) is 5.26 Å². The summed E-state index contributed by atoms with van der Waals surface area (Å²) in [6.45, 7) is 8.42. The zero-order valence-corrected chi connectivity index (χ0v) is 19.5. The van der Waals surface area contributed by atoms with E-state index in [2.05, 4.69) is 6.92 Å². The van der Waals surface area contributed by atoms with Crippen molar-refractivity contribution in [3.05, 3.63) is 33.4 Å². The van der Waals surface area contributed by atoms with Gasteiger partial charge in [0.1, 0.15) is 11.6 Å². The summed E-state index contributed by atoms with van der Waals surface area (Å²) in [6.07, 6.45) is 3.72. The van der Waals surface area contributed by atoms with Gasteiger partial charge in [0.2, 0.25) is 5.75 Å². The predicted octanol–water partition coefficient (Wildman–Crippen LogP) is 4.81. The summed E-state index contributed by atoms with van der Waals surface area (Å²) in [5.74, 6) is -1.76. The van der Waals surface area contributed by atoms with E-state index in [1.807, 2.05) is 6.92 Å². The summed E-state index contributed by atoms with van der Waals surface area (Å²) < 4.78 is 10.1. The number of nitriles is 1. The molecule has 1 amide bonds. The molecule has 10 heteroatoms. The van der Waals surface area contributed by atoms with Gasteiger partial charge in [0.15, 0.2) is 5.75 Å². The molecule has 1 N–H and O–H groups in total. The molecule has 0 saturated heterocycles. The number of benzene rings is 1. The standard InChI is InChI=1S/C23H31N3O7/c1-5-9-10-16(6-2)15-32-23(29)33-20-13-17(12-19(21(20)27)26(30)31)11-18(14-24)22(28)25(7-3)8-4/h11-13,16,27H,5-10,15H2,1-4H3. The third-order valence-electron chi connectivity index (χ3n) is 5.16. The van der Waals surface area contributed by atoms with E-state index in [4.69, 9.17) is 9.47 Å². The number of phenolic OH excluding ortho intramolecular Hbond substituents is 1. The highest BCUT2D eigenvalue weighted by Crippen LogP contribution is 2.38. The highest BCUT2D eigenvalue weighted by molar-refractivity contribution is 6.01. The zero-order valence-electron chi connectivity index (χ0n) is 19.5. The van der Waals surface area contributed by atoms with Gasteiger partial charge in [0, 0.05) is 19.2 Å². The molecule has 0 aromatic heterocycles. The second kappa shape index (κ2) is 13.7. The molecule has 33 heavy (non-hydrogen) atoms. The van der Waals surface area contributed by atoms with Crippen LogP contribution in [0, 0.1) is 27.4 Å². The number of phenols is 1. The third-order valence-corrected chi connectivity index (χ3v) is 5.16. The first-order chi connectivity index (χ1) is 15.7. The van der Waals surface area contributed by atoms with Gasteiger partial charge in [0.05, 0.1) is 11.5 Å². The molecule has 0 radical (unpaired) electrons. The number of aromatic hydroxyl groups is 1. The third kappa shape index (κ3) is 8.11. The predicted molar refractivity (Wildman–Crippen MR) is 122 cm³/mol. The Morgan fingerprint density at radius 1 is 1.27 bits per heavy atom. The molecule has 0 fully saturated rings. The number of nitro benzene ring substituents is 1. The van der Waals surface area contributed by atoms with Crippen LogP contribution in [0.2, 0.25) is 0 Å². The highest BCUT2D eigenvalue weighted by atomic mass is 16.7. The number of nitrogens with zero attached hydrogens (tertiary/aromatic N) is 3. The molecule has 0 aliphatic carbocycles. The lowest BCUT2D eigenvalue weighted by atomic mass is 10.0. The Balaban J connectivity index is 3.20. The van der Waals surface area contributed by atoms with Crippen molar-refractivity contribution < 1.29 is 29.1 Å². The summed E-state index contributed by atoms with van der Waals surface area (Å²) in [7, 11) is 0. The lowest BCUT2D eigenvalue weighted by molar-refractivity contribution is -0.385. The SMILES string of the molecule is CCCCC(CC)COC(=O)Oc1cc(C=C(C#N)C(=O)N(CC)CC)cc([N+](=O)[O-])c1O. The van der Waals surface area contributed by atoms with Crippen molar-refractivity contribution in [2.45, 2.75) is 53.4 Å². The van der Waals surface area contributed by atoms with Crippen LogP contribution in [0.1, 0.15) is 58.9 Å². The Bertz CT molecular complexity index is 917. The number of carbonyl (C=O) groups is 2. The average Bonchev–Trinajstić information content (AvgIpc) is 2.79. The Kier molecular flexibility index (Phi) is 11.4. The van der Waals surface area contributed by atoms with Gasteiger partial charge in [-0.3, -0.25) is 14.9 Å². The second-order valence-corrected chi connectivity index (χ2v) is 7.37. The lowest BCUT2D eigenvalue weighted by Gasteiger charge is -2.17. The van der Waals surface area contributed by atoms with Crippen LogP contribution < -0.4 is 4.74 Å². The van der Waals surface area contributed by atoms with Crippen molar-refractivity contribution in [2.24, 2.45) is 5.92 Å². The van der Waals surface area contributed by atoms with E-state index in [-0.39, 0.29) is 23.7 Å². The van der Waals surface area contributed by atoms with Crippen molar-refractivity contribution in [1.82, 2.24) is 4.90 Å². The molecule has 0 aliphatic heterocycles. The van der Waals surface area contributed by atoms with Crippen LogP contribution in [0.3, 0.4) is 0 Å². The number of hydrogen-bond acceptors (Lipinski definition) is 8. The second-order valence-electron chi connectivity index (χ2n) is 7.37. The van der Waals surface area contributed by atoms with E-state index in [1.54, 1.807) is 19.9 Å². The molecule has 0 bridgehead atoms. The normalized spacial score (nSPS) is 11.9. The first-order valence-corrected chi connectivity index (χ1v) is 11.0. The molecule has 0 saturated carbocycles. The zero-order chi connectivity index (χ0) is 25.0. The van der Waals surface area contributed by atoms with Gasteiger partial charge < -0.3 is 19.5 Å². The van der Waals surface area contributed by atoms with Crippen molar-refractivity contribution in [3.63, 3.8) is 0 Å². The first-order valence-electron chi connectivity index (χ1n) is 11.0. The van der Waals surface area contributed by atoms with Crippen LogP contribution in [0.15, 0.2) is 17.7 Å². The molecule has 1 aromatic carbocycles. The fourth-order valence-corrected chi connectivity index (χ4v) is 3.11. The van der Waals surface area contributed by atoms with Crippen LogP contribution in [-0.2, 0) is 9.53 Å². The Labute approximate surface area is 193 Å². The van der Waals surface area contributed by atoms with Crippen LogP contribution in [0.4, 0.5) is 10.5 Å². The number of unbranched alkanes of at least 4 members (excludes halogenated alkanes) is 1. The quantitative estimate of drug-likeness (QED) is 0.117. The number of likely N-dealkylation sites (N-methyl/N-ethyl adjacent to an activating group) is 1. The van der Waals surface area contributed by atoms with Gasteiger partial charge in [-0.15, -0.1) is 0 Å². The molecule has 1 unspecified atom stereocenters. The van der Waals surface area contributed by atoms with Crippen LogP contribution >= 0.6 is 0 Å². The summed E-state index contributed by atoms with van der Waals surface area (Å²) in [4.78, 5) is 36.6. The maximum atomic E-state index is 12.5. The van der Waals surface area contributed by atoms with Crippen LogP contribution in [0.25, 0.3) is 6.08 Å². The van der Waals surface area contributed by atoms with E-state index in [0.717, 1.165) is 43.9 Å². The minimum Gasteiger partial charge on any atom is -0.499 e. The number of rotatable bonds is 12. The van der Waals surface area contributed by atoms with Crippen LogP contribution in [0.5, 0.6) is 11.5 Å². The van der Waals surface area contributed by atoms with E-state index in [0.29, 0.717) is 13.1 Å². The van der Waals surface area contributed by atoms with Crippen molar-refractivity contribution in [3.8, 4) is 17.6 Å². The van der Waals surface area contributed by atoms with Gasteiger partial charge in [-0.05, 0) is 43.9 Å². The van der Waals surface area contributed by atoms with E-state index >= 15 is 0 Å². The summed E-state index contributed by atoms with van der Waals surface area (Å²) in [6, 6.07) is 3.90. The monoisotopic (exact) mass is 461 g/mol. The lowest BCUT2D eigenvalue weighted by Crippen LogP contribution is -2.31. The van der Waals surface area contributed by atoms with Crippen LogP contribution in [-0.4, -0.2) is 46.7 Å². The Hall–Kier alpha value is -3.61. The van der Waals surface area contributed by atoms with Crippen molar-refractivity contribution in [2.75, 3.05) is 19.7 Å². The Morgan fingerprint density at radius 3 is 2.45 bits per heavy atom.